The van der Waals surface area contributed by atoms with Gasteiger partial charge >= 0.3 is 7.82 Å². The van der Waals surface area contributed by atoms with E-state index in [1.165, 1.54) is 109 Å². The van der Waals surface area contributed by atoms with Crippen LogP contribution >= 0.6 is 7.82 Å². The Hall–Kier alpha value is -0.270. The minimum atomic E-state index is -4.08. The molecule has 0 fully saturated rings. The molecule has 0 spiro atoms. The first-order valence-corrected chi connectivity index (χ1v) is 17.4. The first-order valence-electron chi connectivity index (χ1n) is 15.9. The number of likely N-dealkylation sites (N-methyl/N-ethyl adjacent to an activating group) is 1. The van der Waals surface area contributed by atoms with Crippen LogP contribution in [0.15, 0.2) is 12.2 Å². The molecule has 0 radical (unpaired) electrons. The van der Waals surface area contributed by atoms with Gasteiger partial charge in [-0.15, -0.1) is 0 Å². The molecule has 1 unspecified atom stereocenters. The smallest absolute Gasteiger partial charge is 0.379 e. The Bertz CT molecular complexity index is 596. The lowest BCUT2D eigenvalue weighted by molar-refractivity contribution is -0.870. The molecule has 234 valence electrons. The van der Waals surface area contributed by atoms with Gasteiger partial charge in [0.25, 0.3) is 0 Å². The van der Waals surface area contributed by atoms with E-state index >= 15 is 0 Å². The number of hydrogen-bond donors (Lipinski definition) is 1. The van der Waals surface area contributed by atoms with Crippen molar-refractivity contribution in [3.63, 3.8) is 0 Å². The van der Waals surface area contributed by atoms with E-state index in [0.717, 1.165) is 6.42 Å². The van der Waals surface area contributed by atoms with Gasteiger partial charge in [-0.25, -0.2) is 4.57 Å². The van der Waals surface area contributed by atoms with E-state index in [2.05, 4.69) is 19.1 Å². The van der Waals surface area contributed by atoms with Crippen LogP contribution in [0.4, 0.5) is 0 Å². The molecule has 2 atom stereocenters. The number of methoxy groups -OCH3 is 1. The number of phosphoric acid groups is 1. The monoisotopic (exact) mass is 578 g/mol. The molecule has 0 aliphatic heterocycles. The molecule has 0 aliphatic rings. The van der Waals surface area contributed by atoms with Gasteiger partial charge in [0.05, 0.1) is 34.4 Å². The molecule has 0 bridgehead atoms. The van der Waals surface area contributed by atoms with Crippen molar-refractivity contribution in [3.8, 4) is 0 Å². The van der Waals surface area contributed by atoms with Crippen LogP contribution in [0.1, 0.15) is 122 Å². The van der Waals surface area contributed by atoms with E-state index in [1.807, 2.05) is 21.1 Å². The van der Waals surface area contributed by atoms with Crippen molar-refractivity contribution in [1.29, 1.82) is 0 Å². The minimum absolute atomic E-state index is 0.0371. The standard InChI is InChI=1S/C31H64NO6P/c1-6-7-8-9-10-11-12-13-14-15-16-17-18-19-20-21-22-23-24-25-27-36-29-31(35-5)30-38-39(33,34)37-28-26-32(2,3)4/h13-14,31H,6-12,15-30H2,1-5H3/p+1/t31-/m1/s1. The van der Waals surface area contributed by atoms with Crippen molar-refractivity contribution in [2.45, 2.75) is 129 Å². The summed E-state index contributed by atoms with van der Waals surface area (Å²) in [6.07, 6.45) is 28.1. The lowest BCUT2D eigenvalue weighted by Gasteiger charge is -2.24. The van der Waals surface area contributed by atoms with Crippen LogP contribution in [0.5, 0.6) is 0 Å². The topological polar surface area (TPSA) is 74.2 Å². The Balaban J connectivity index is 3.46. The second kappa shape index (κ2) is 26.6. The third kappa shape index (κ3) is 30.5. The molecule has 7 nitrogen and oxygen atoms in total. The summed E-state index contributed by atoms with van der Waals surface area (Å²) < 4.78 is 33.7. The summed E-state index contributed by atoms with van der Waals surface area (Å²) >= 11 is 0. The summed E-state index contributed by atoms with van der Waals surface area (Å²) in [6.45, 7) is 4.02. The summed E-state index contributed by atoms with van der Waals surface area (Å²) in [5, 5.41) is 0. The number of ether oxygens (including phenoxy) is 2. The van der Waals surface area contributed by atoms with Gasteiger partial charge in [-0.1, -0.05) is 103 Å². The first-order chi connectivity index (χ1) is 18.7. The van der Waals surface area contributed by atoms with Gasteiger partial charge in [0.2, 0.25) is 0 Å². The molecule has 0 heterocycles. The van der Waals surface area contributed by atoms with Gasteiger partial charge in [0.1, 0.15) is 19.3 Å². The fourth-order valence-corrected chi connectivity index (χ4v) is 4.94. The van der Waals surface area contributed by atoms with Crippen molar-refractivity contribution in [1.82, 2.24) is 0 Å². The fraction of sp³-hybridized carbons (Fsp3) is 0.935. The van der Waals surface area contributed by atoms with Crippen LogP contribution in [0, 0.1) is 0 Å². The molecule has 39 heavy (non-hydrogen) atoms. The zero-order chi connectivity index (χ0) is 29.1. The molecule has 8 heteroatoms. The highest BCUT2D eigenvalue weighted by molar-refractivity contribution is 7.47. The van der Waals surface area contributed by atoms with Crippen LogP contribution in [-0.4, -0.2) is 76.7 Å². The van der Waals surface area contributed by atoms with Gasteiger partial charge in [-0.2, -0.15) is 0 Å². The van der Waals surface area contributed by atoms with Crippen LogP contribution in [0.25, 0.3) is 0 Å². The molecule has 0 aromatic rings. The maximum Gasteiger partial charge on any atom is 0.472 e. The average molecular weight is 579 g/mol. The van der Waals surface area contributed by atoms with Crippen LogP contribution < -0.4 is 0 Å². The zero-order valence-corrected chi connectivity index (χ0v) is 27.3. The Labute approximate surface area is 242 Å². The summed E-state index contributed by atoms with van der Waals surface area (Å²) in [5.74, 6) is 0. The highest BCUT2D eigenvalue weighted by atomic mass is 31.2. The SMILES string of the molecule is CCCCCCCCC=CCCCCCCCCCCCCOC[C@H](COP(=O)(O)OCC[N+](C)(C)C)OC. The molecule has 0 amide bonds. The van der Waals surface area contributed by atoms with E-state index < -0.39 is 13.9 Å². The van der Waals surface area contributed by atoms with Crippen molar-refractivity contribution in [2.75, 3.05) is 61.2 Å². The highest BCUT2D eigenvalue weighted by Gasteiger charge is 2.24. The van der Waals surface area contributed by atoms with E-state index in [4.69, 9.17) is 18.5 Å². The van der Waals surface area contributed by atoms with Gasteiger partial charge in [-0.05, 0) is 32.1 Å². The molecular weight excluding hydrogens is 513 g/mol. The second-order valence-electron chi connectivity index (χ2n) is 11.9. The Morgan fingerprint density at radius 3 is 1.67 bits per heavy atom. The summed E-state index contributed by atoms with van der Waals surface area (Å²) in [4.78, 5) is 9.81. The van der Waals surface area contributed by atoms with Crippen molar-refractivity contribution < 1.29 is 32.5 Å². The minimum Gasteiger partial charge on any atom is -0.379 e. The second-order valence-corrected chi connectivity index (χ2v) is 13.3. The summed E-state index contributed by atoms with van der Waals surface area (Å²) in [6, 6.07) is 0. The van der Waals surface area contributed by atoms with E-state index in [1.54, 1.807) is 7.11 Å². The fourth-order valence-electron chi connectivity index (χ4n) is 4.20. The number of quaternary nitrogens is 1. The highest BCUT2D eigenvalue weighted by Crippen LogP contribution is 2.43. The maximum absolute atomic E-state index is 12.0. The molecule has 0 aliphatic carbocycles. The van der Waals surface area contributed by atoms with E-state index in [0.29, 0.717) is 24.2 Å². The Kier molecular flexibility index (Phi) is 26.4. The summed E-state index contributed by atoms with van der Waals surface area (Å²) in [5.41, 5.74) is 0. The molecular formula is C31H65NO6P+. The maximum atomic E-state index is 12.0. The Morgan fingerprint density at radius 1 is 0.692 bits per heavy atom. The number of allylic oxidation sites excluding steroid dienone is 2. The van der Waals surface area contributed by atoms with Gasteiger partial charge in [0, 0.05) is 13.7 Å². The number of rotatable bonds is 30. The first kappa shape index (κ1) is 38.7. The predicted molar refractivity (Wildman–Crippen MR) is 164 cm³/mol. The number of phosphoric ester groups is 1. The van der Waals surface area contributed by atoms with Crippen molar-refractivity contribution >= 4 is 7.82 Å². The number of unbranched alkanes of at least 4 members (excludes halogenated alkanes) is 16. The van der Waals surface area contributed by atoms with Crippen molar-refractivity contribution in [2.24, 2.45) is 0 Å². The quantitative estimate of drug-likeness (QED) is 0.0399. The molecule has 0 rings (SSSR count). The number of hydrogen-bond acceptors (Lipinski definition) is 5. The van der Waals surface area contributed by atoms with Crippen LogP contribution in [-0.2, 0) is 23.1 Å². The molecule has 0 saturated carbocycles. The predicted octanol–water partition coefficient (Wildman–Crippen LogP) is 8.46. The normalized spacial score (nSPS) is 14.7. The van der Waals surface area contributed by atoms with E-state index in [-0.39, 0.29) is 13.2 Å². The van der Waals surface area contributed by atoms with Crippen LogP contribution in [0.3, 0.4) is 0 Å². The van der Waals surface area contributed by atoms with Crippen LogP contribution in [0.2, 0.25) is 0 Å². The number of nitrogens with zero attached hydrogens (tertiary/aromatic N) is 1. The van der Waals surface area contributed by atoms with Gasteiger partial charge in [0.15, 0.2) is 0 Å². The van der Waals surface area contributed by atoms with Crippen molar-refractivity contribution in [3.05, 3.63) is 12.2 Å². The molecule has 0 aromatic heterocycles. The molecule has 0 aromatic carbocycles. The largest absolute Gasteiger partial charge is 0.472 e. The lowest BCUT2D eigenvalue weighted by atomic mass is 10.1. The van der Waals surface area contributed by atoms with Gasteiger partial charge < -0.3 is 18.9 Å². The average Bonchev–Trinajstić information content (AvgIpc) is 2.88. The molecule has 0 saturated heterocycles. The van der Waals surface area contributed by atoms with Gasteiger partial charge in [-0.3, -0.25) is 9.05 Å². The Morgan fingerprint density at radius 2 is 1.18 bits per heavy atom. The lowest BCUT2D eigenvalue weighted by Crippen LogP contribution is -2.37. The third-order valence-electron chi connectivity index (χ3n) is 6.88. The summed E-state index contributed by atoms with van der Waals surface area (Å²) in [7, 11) is 3.44. The van der Waals surface area contributed by atoms with E-state index in [9.17, 15) is 9.46 Å². The third-order valence-corrected chi connectivity index (χ3v) is 7.86. The zero-order valence-electron chi connectivity index (χ0n) is 26.4. The molecule has 1 N–H and O–H groups in total.